The van der Waals surface area contributed by atoms with Crippen LogP contribution in [0.2, 0.25) is 0 Å². The summed E-state index contributed by atoms with van der Waals surface area (Å²) in [5.41, 5.74) is 2.79. The molecule has 1 aromatic rings. The Morgan fingerprint density at radius 2 is 2.28 bits per heavy atom. The fourth-order valence-electron chi connectivity index (χ4n) is 1.95. The lowest BCUT2D eigenvalue weighted by molar-refractivity contribution is -0.105. The van der Waals surface area contributed by atoms with Crippen molar-refractivity contribution in [2.45, 2.75) is 19.4 Å². The fourth-order valence-corrected chi connectivity index (χ4v) is 1.95. The van der Waals surface area contributed by atoms with Crippen molar-refractivity contribution in [3.8, 4) is 5.75 Å². The maximum atomic E-state index is 11.0. The highest BCUT2D eigenvalue weighted by Crippen LogP contribution is 2.28. The molecule has 0 bridgehead atoms. The van der Waals surface area contributed by atoms with Gasteiger partial charge in [-0.25, -0.2) is 0 Å². The molecule has 2 rings (SSSR count). The van der Waals surface area contributed by atoms with E-state index >= 15 is 0 Å². The molecular weight excluding hydrogens is 226 g/mol. The second kappa shape index (κ2) is 5.54. The van der Waals surface area contributed by atoms with Gasteiger partial charge in [0.2, 0.25) is 0 Å². The minimum Gasteiger partial charge on any atom is -0.483 e. The average molecular weight is 243 g/mol. The molecular formula is C15H17NO2. The Kier molecular flexibility index (Phi) is 3.82. The van der Waals surface area contributed by atoms with Gasteiger partial charge in [-0.05, 0) is 24.6 Å². The van der Waals surface area contributed by atoms with Crippen LogP contribution < -0.4 is 10.1 Å². The highest BCUT2D eigenvalue weighted by atomic mass is 16.5. The number of anilines is 1. The first-order valence-electron chi connectivity index (χ1n) is 6.01. The zero-order valence-corrected chi connectivity index (χ0v) is 10.6. The first-order chi connectivity index (χ1) is 8.74. The maximum Gasteiger partial charge on any atom is 0.149 e. The van der Waals surface area contributed by atoms with Gasteiger partial charge in [0.15, 0.2) is 0 Å². The van der Waals surface area contributed by atoms with Crippen molar-refractivity contribution in [2.75, 3.05) is 12.4 Å². The molecule has 0 aliphatic heterocycles. The van der Waals surface area contributed by atoms with Gasteiger partial charge in [-0.15, -0.1) is 0 Å². The molecule has 1 atom stereocenters. The molecule has 0 heterocycles. The van der Waals surface area contributed by atoms with Gasteiger partial charge in [-0.1, -0.05) is 24.3 Å². The summed E-state index contributed by atoms with van der Waals surface area (Å²) in [6.07, 6.45) is 7.09. The molecule has 0 fully saturated rings. The smallest absolute Gasteiger partial charge is 0.149 e. The number of ether oxygens (including phenoxy) is 1. The molecule has 1 unspecified atom stereocenters. The van der Waals surface area contributed by atoms with Crippen LogP contribution in [0.15, 0.2) is 42.0 Å². The summed E-state index contributed by atoms with van der Waals surface area (Å²) in [5, 5.41) is 3.11. The van der Waals surface area contributed by atoms with Gasteiger partial charge in [0.1, 0.15) is 18.1 Å². The summed E-state index contributed by atoms with van der Waals surface area (Å²) in [5.74, 6) is 0.774. The quantitative estimate of drug-likeness (QED) is 0.826. The number of hydrogen-bond donors (Lipinski definition) is 1. The van der Waals surface area contributed by atoms with Crippen molar-refractivity contribution in [3.05, 3.63) is 47.6 Å². The van der Waals surface area contributed by atoms with E-state index in [2.05, 4.69) is 5.32 Å². The third-order valence-electron chi connectivity index (χ3n) is 2.96. The van der Waals surface area contributed by atoms with Crippen LogP contribution in [-0.4, -0.2) is 19.4 Å². The number of nitrogens with one attached hydrogen (secondary N) is 1. The summed E-state index contributed by atoms with van der Waals surface area (Å²) in [4.78, 5) is 11.0. The SMILES string of the molecule is CNc1cc(C)ccc1OC1CC=CC=C1C=O. The summed E-state index contributed by atoms with van der Waals surface area (Å²) in [6.45, 7) is 2.03. The molecule has 94 valence electrons. The molecule has 0 saturated carbocycles. The topological polar surface area (TPSA) is 38.3 Å². The lowest BCUT2D eigenvalue weighted by atomic mass is 10.0. The van der Waals surface area contributed by atoms with Gasteiger partial charge in [-0.2, -0.15) is 0 Å². The Morgan fingerprint density at radius 1 is 1.44 bits per heavy atom. The van der Waals surface area contributed by atoms with Crippen LogP contribution in [0, 0.1) is 6.92 Å². The zero-order chi connectivity index (χ0) is 13.0. The summed E-state index contributed by atoms with van der Waals surface area (Å²) in [6, 6.07) is 5.96. The van der Waals surface area contributed by atoms with Gasteiger partial charge in [-0.3, -0.25) is 4.79 Å². The summed E-state index contributed by atoms with van der Waals surface area (Å²) < 4.78 is 5.92. The van der Waals surface area contributed by atoms with Crippen molar-refractivity contribution in [3.63, 3.8) is 0 Å². The van der Waals surface area contributed by atoms with Gasteiger partial charge in [0.25, 0.3) is 0 Å². The number of allylic oxidation sites excluding steroid dienone is 2. The summed E-state index contributed by atoms with van der Waals surface area (Å²) >= 11 is 0. The standard InChI is InChI=1S/C15H17NO2/c1-11-7-8-15(13(9-11)16-2)18-14-6-4-3-5-12(14)10-17/h3-5,7-10,14,16H,6H2,1-2H3. The summed E-state index contributed by atoms with van der Waals surface area (Å²) in [7, 11) is 1.86. The van der Waals surface area contributed by atoms with Crippen molar-refractivity contribution in [1.82, 2.24) is 0 Å². The van der Waals surface area contributed by atoms with Gasteiger partial charge >= 0.3 is 0 Å². The van der Waals surface area contributed by atoms with E-state index in [0.29, 0.717) is 5.57 Å². The number of benzene rings is 1. The van der Waals surface area contributed by atoms with Gasteiger partial charge in [0.05, 0.1) is 5.69 Å². The van der Waals surface area contributed by atoms with E-state index in [1.165, 1.54) is 5.56 Å². The van der Waals surface area contributed by atoms with Crippen LogP contribution >= 0.6 is 0 Å². The van der Waals surface area contributed by atoms with Crippen LogP contribution in [0.25, 0.3) is 0 Å². The van der Waals surface area contributed by atoms with Crippen LogP contribution in [-0.2, 0) is 4.79 Å². The number of carbonyl (C=O) groups excluding carboxylic acids is 1. The second-order valence-electron chi connectivity index (χ2n) is 4.30. The monoisotopic (exact) mass is 243 g/mol. The largest absolute Gasteiger partial charge is 0.483 e. The highest BCUT2D eigenvalue weighted by molar-refractivity contribution is 5.76. The lowest BCUT2D eigenvalue weighted by Gasteiger charge is -2.21. The number of rotatable bonds is 4. The normalized spacial score (nSPS) is 18.1. The average Bonchev–Trinajstić information content (AvgIpc) is 2.41. The molecule has 0 amide bonds. The Morgan fingerprint density at radius 3 is 3.00 bits per heavy atom. The molecule has 0 spiro atoms. The minimum absolute atomic E-state index is 0.192. The Hall–Kier alpha value is -2.03. The predicted octanol–water partition coefficient (Wildman–Crippen LogP) is 2.87. The third kappa shape index (κ3) is 2.62. The Bertz CT molecular complexity index is 503. The van der Waals surface area contributed by atoms with Crippen LogP contribution in [0.3, 0.4) is 0 Å². The number of hydrogen-bond acceptors (Lipinski definition) is 3. The van der Waals surface area contributed by atoms with E-state index in [4.69, 9.17) is 4.74 Å². The first kappa shape index (κ1) is 12.4. The molecule has 3 nitrogen and oxygen atoms in total. The second-order valence-corrected chi connectivity index (χ2v) is 4.30. The maximum absolute atomic E-state index is 11.0. The molecule has 1 aliphatic carbocycles. The van der Waals surface area contributed by atoms with E-state index < -0.39 is 0 Å². The van der Waals surface area contributed by atoms with E-state index in [-0.39, 0.29) is 6.10 Å². The lowest BCUT2D eigenvalue weighted by Crippen LogP contribution is -2.21. The number of aryl methyl sites for hydroxylation is 1. The molecule has 1 aromatic carbocycles. The molecule has 1 aliphatic rings. The molecule has 0 aromatic heterocycles. The van der Waals surface area contributed by atoms with Crippen molar-refractivity contribution in [1.29, 1.82) is 0 Å². The van der Waals surface area contributed by atoms with Crippen LogP contribution in [0.4, 0.5) is 5.69 Å². The van der Waals surface area contributed by atoms with E-state index in [0.717, 1.165) is 24.1 Å². The van der Waals surface area contributed by atoms with E-state index in [1.807, 2.05) is 44.3 Å². The zero-order valence-electron chi connectivity index (χ0n) is 10.6. The van der Waals surface area contributed by atoms with Crippen molar-refractivity contribution < 1.29 is 9.53 Å². The number of aldehydes is 1. The molecule has 0 radical (unpaired) electrons. The molecule has 1 N–H and O–H groups in total. The first-order valence-corrected chi connectivity index (χ1v) is 6.01. The molecule has 18 heavy (non-hydrogen) atoms. The fraction of sp³-hybridized carbons (Fsp3) is 0.267. The Balaban J connectivity index is 2.21. The minimum atomic E-state index is -0.192. The van der Waals surface area contributed by atoms with E-state index in [1.54, 1.807) is 6.08 Å². The highest BCUT2D eigenvalue weighted by Gasteiger charge is 2.17. The predicted molar refractivity (Wildman–Crippen MR) is 73.0 cm³/mol. The molecule has 3 heteroatoms. The van der Waals surface area contributed by atoms with Crippen molar-refractivity contribution in [2.24, 2.45) is 0 Å². The van der Waals surface area contributed by atoms with E-state index in [9.17, 15) is 4.79 Å². The van der Waals surface area contributed by atoms with Crippen LogP contribution in [0.5, 0.6) is 5.75 Å². The van der Waals surface area contributed by atoms with Crippen LogP contribution in [0.1, 0.15) is 12.0 Å². The van der Waals surface area contributed by atoms with Gasteiger partial charge < -0.3 is 10.1 Å². The number of carbonyl (C=O) groups is 1. The Labute approximate surface area is 107 Å². The third-order valence-corrected chi connectivity index (χ3v) is 2.96. The molecule has 0 saturated heterocycles. The van der Waals surface area contributed by atoms with Gasteiger partial charge in [0, 0.05) is 19.0 Å². The van der Waals surface area contributed by atoms with Crippen molar-refractivity contribution >= 4 is 12.0 Å².